The topological polar surface area (TPSA) is 85.3 Å². The van der Waals surface area contributed by atoms with E-state index in [9.17, 15) is 18.0 Å². The van der Waals surface area contributed by atoms with Gasteiger partial charge in [-0.05, 0) is 39.3 Å². The fourth-order valence-electron chi connectivity index (χ4n) is 2.96. The Morgan fingerprint density at radius 2 is 2.07 bits per heavy atom. The number of carbonyl (C=O) groups excluding carboxylic acids is 1. The van der Waals surface area contributed by atoms with Crippen LogP contribution in [0, 0.1) is 13.8 Å². The molecule has 0 aromatic carbocycles. The van der Waals surface area contributed by atoms with Gasteiger partial charge in [-0.25, -0.2) is 9.50 Å². The third-order valence-corrected chi connectivity index (χ3v) is 4.45. The summed E-state index contributed by atoms with van der Waals surface area (Å²) in [4.78, 5) is 19.9. The van der Waals surface area contributed by atoms with Crippen LogP contribution in [-0.2, 0) is 23.8 Å². The Labute approximate surface area is 159 Å². The zero-order chi connectivity index (χ0) is 20.5. The lowest BCUT2D eigenvalue weighted by molar-refractivity contribution is -0.144. The monoisotopic (exact) mass is 395 g/mol. The largest absolute Gasteiger partial charge is 0.469 e. The van der Waals surface area contributed by atoms with Crippen molar-refractivity contribution in [1.82, 2.24) is 24.9 Å². The van der Waals surface area contributed by atoms with Gasteiger partial charge in [-0.2, -0.15) is 18.2 Å². The first-order chi connectivity index (χ1) is 13.1. The smallest absolute Gasteiger partial charge is 0.453 e. The van der Waals surface area contributed by atoms with Crippen LogP contribution in [0.4, 0.5) is 13.2 Å². The SMILES string of the molecule is Cc1nc2nc(C(F)(F)F)nn2c(C)c1CC(=O)NC(C)CCc1ccco1. The predicted octanol–water partition coefficient (Wildman–Crippen LogP) is 3.03. The van der Waals surface area contributed by atoms with Crippen LogP contribution in [0.3, 0.4) is 0 Å². The van der Waals surface area contributed by atoms with Crippen LogP contribution in [-0.4, -0.2) is 31.5 Å². The molecule has 3 aromatic rings. The van der Waals surface area contributed by atoms with E-state index in [1.165, 1.54) is 0 Å². The molecule has 1 unspecified atom stereocenters. The maximum atomic E-state index is 12.9. The fourth-order valence-corrected chi connectivity index (χ4v) is 2.96. The summed E-state index contributed by atoms with van der Waals surface area (Å²) in [5, 5.41) is 6.38. The molecule has 150 valence electrons. The number of aryl methyl sites for hydroxylation is 3. The Morgan fingerprint density at radius 1 is 1.32 bits per heavy atom. The molecule has 28 heavy (non-hydrogen) atoms. The lowest BCUT2D eigenvalue weighted by Crippen LogP contribution is -2.34. The van der Waals surface area contributed by atoms with Crippen molar-refractivity contribution >= 4 is 11.7 Å². The first kappa shape index (κ1) is 19.8. The summed E-state index contributed by atoms with van der Waals surface area (Å²) >= 11 is 0. The molecule has 0 saturated heterocycles. The summed E-state index contributed by atoms with van der Waals surface area (Å²) < 4.78 is 44.8. The lowest BCUT2D eigenvalue weighted by Gasteiger charge is -2.15. The van der Waals surface area contributed by atoms with Gasteiger partial charge in [0.15, 0.2) is 0 Å². The van der Waals surface area contributed by atoms with Crippen molar-refractivity contribution in [2.24, 2.45) is 0 Å². The van der Waals surface area contributed by atoms with E-state index in [-0.39, 0.29) is 24.1 Å². The van der Waals surface area contributed by atoms with Crippen molar-refractivity contribution in [3.05, 3.63) is 46.9 Å². The van der Waals surface area contributed by atoms with Crippen LogP contribution in [0.15, 0.2) is 22.8 Å². The highest BCUT2D eigenvalue weighted by Crippen LogP contribution is 2.27. The summed E-state index contributed by atoms with van der Waals surface area (Å²) in [6, 6.07) is 3.59. The Morgan fingerprint density at radius 3 is 2.71 bits per heavy atom. The highest BCUT2D eigenvalue weighted by molar-refractivity contribution is 5.79. The van der Waals surface area contributed by atoms with Gasteiger partial charge in [-0.15, -0.1) is 5.10 Å². The molecule has 0 radical (unpaired) electrons. The van der Waals surface area contributed by atoms with Crippen molar-refractivity contribution in [3.8, 4) is 0 Å². The number of amides is 1. The van der Waals surface area contributed by atoms with E-state index in [1.54, 1.807) is 20.1 Å². The quantitative estimate of drug-likeness (QED) is 0.694. The Balaban J connectivity index is 1.71. The molecule has 3 aromatic heterocycles. The van der Waals surface area contributed by atoms with Crippen LogP contribution in [0.5, 0.6) is 0 Å². The van der Waals surface area contributed by atoms with Gasteiger partial charge in [0.2, 0.25) is 5.91 Å². The second-order valence-electron chi connectivity index (χ2n) is 6.67. The van der Waals surface area contributed by atoms with Crippen LogP contribution in [0.2, 0.25) is 0 Å². The second kappa shape index (κ2) is 7.61. The number of hydrogen-bond donors (Lipinski definition) is 1. The molecule has 0 aliphatic heterocycles. The first-order valence-electron chi connectivity index (χ1n) is 8.77. The summed E-state index contributed by atoms with van der Waals surface area (Å²) in [6.45, 7) is 5.12. The predicted molar refractivity (Wildman–Crippen MR) is 93.6 cm³/mol. The molecule has 3 heterocycles. The summed E-state index contributed by atoms with van der Waals surface area (Å²) in [7, 11) is 0. The Bertz CT molecular complexity index is 979. The molecule has 1 amide bonds. The van der Waals surface area contributed by atoms with Gasteiger partial charge in [-0.1, -0.05) is 0 Å². The summed E-state index contributed by atoms with van der Waals surface area (Å²) in [5.41, 5.74) is 1.38. The van der Waals surface area contributed by atoms with E-state index in [4.69, 9.17) is 4.42 Å². The Kier molecular flexibility index (Phi) is 5.39. The number of hydrogen-bond acceptors (Lipinski definition) is 5. The van der Waals surface area contributed by atoms with Crippen molar-refractivity contribution in [2.75, 3.05) is 0 Å². The number of nitrogens with zero attached hydrogens (tertiary/aromatic N) is 4. The van der Waals surface area contributed by atoms with E-state index in [0.717, 1.165) is 10.3 Å². The zero-order valence-electron chi connectivity index (χ0n) is 15.7. The number of furan rings is 1. The number of fused-ring (bicyclic) bond motifs is 1. The van der Waals surface area contributed by atoms with E-state index in [1.807, 2.05) is 19.1 Å². The maximum absolute atomic E-state index is 12.9. The third kappa shape index (κ3) is 4.32. The molecular formula is C18H20F3N5O2. The molecule has 3 rings (SSSR count). The van der Waals surface area contributed by atoms with Crippen LogP contribution in [0.25, 0.3) is 5.78 Å². The normalized spacial score (nSPS) is 13.1. The molecular weight excluding hydrogens is 375 g/mol. The molecule has 0 spiro atoms. The van der Waals surface area contributed by atoms with Gasteiger partial charge in [0.1, 0.15) is 5.76 Å². The minimum atomic E-state index is -4.66. The zero-order valence-corrected chi connectivity index (χ0v) is 15.7. The molecule has 0 aliphatic carbocycles. The van der Waals surface area contributed by atoms with Crippen molar-refractivity contribution in [1.29, 1.82) is 0 Å². The fraction of sp³-hybridized carbons (Fsp3) is 0.444. The van der Waals surface area contributed by atoms with Crippen LogP contribution >= 0.6 is 0 Å². The van der Waals surface area contributed by atoms with Gasteiger partial charge < -0.3 is 9.73 Å². The summed E-state index contributed by atoms with van der Waals surface area (Å²) in [5.74, 6) is -0.793. The van der Waals surface area contributed by atoms with Gasteiger partial charge in [0.05, 0.1) is 12.7 Å². The molecule has 0 saturated carbocycles. The maximum Gasteiger partial charge on any atom is 0.453 e. The number of alkyl halides is 3. The van der Waals surface area contributed by atoms with Crippen molar-refractivity contribution in [3.63, 3.8) is 0 Å². The average Bonchev–Trinajstić information content (AvgIpc) is 3.25. The molecule has 0 bridgehead atoms. The molecule has 0 aliphatic rings. The highest BCUT2D eigenvalue weighted by Gasteiger charge is 2.37. The summed E-state index contributed by atoms with van der Waals surface area (Å²) in [6.07, 6.45) is -1.67. The van der Waals surface area contributed by atoms with E-state index in [0.29, 0.717) is 29.8 Å². The molecule has 7 nitrogen and oxygen atoms in total. The van der Waals surface area contributed by atoms with Gasteiger partial charge in [-0.3, -0.25) is 4.79 Å². The molecule has 1 N–H and O–H groups in total. The first-order valence-corrected chi connectivity index (χ1v) is 8.77. The van der Waals surface area contributed by atoms with Crippen LogP contribution < -0.4 is 5.32 Å². The van der Waals surface area contributed by atoms with E-state index in [2.05, 4.69) is 20.4 Å². The van der Waals surface area contributed by atoms with Gasteiger partial charge in [0.25, 0.3) is 11.6 Å². The minimum Gasteiger partial charge on any atom is -0.469 e. The highest BCUT2D eigenvalue weighted by atomic mass is 19.4. The van der Waals surface area contributed by atoms with E-state index < -0.39 is 12.0 Å². The lowest BCUT2D eigenvalue weighted by atomic mass is 10.1. The standard InChI is InChI=1S/C18H20F3N5O2/c1-10(6-7-13-5-4-8-28-13)22-15(27)9-14-11(2)23-17-24-16(18(19,20)21)25-26(17)12(14)3/h4-5,8,10H,6-7,9H2,1-3H3,(H,22,27). The second-order valence-corrected chi connectivity index (χ2v) is 6.67. The van der Waals surface area contributed by atoms with Crippen molar-refractivity contribution < 1.29 is 22.4 Å². The average molecular weight is 395 g/mol. The number of nitrogens with one attached hydrogen (secondary N) is 1. The third-order valence-electron chi connectivity index (χ3n) is 4.45. The molecule has 1 atom stereocenters. The number of carbonyl (C=O) groups is 1. The Hall–Kier alpha value is -2.91. The van der Waals surface area contributed by atoms with Gasteiger partial charge >= 0.3 is 6.18 Å². The minimum absolute atomic E-state index is 0.00703. The van der Waals surface area contributed by atoms with Gasteiger partial charge in [0, 0.05) is 29.4 Å². The molecule has 0 fully saturated rings. The van der Waals surface area contributed by atoms with E-state index >= 15 is 0 Å². The van der Waals surface area contributed by atoms with Crippen LogP contribution in [0.1, 0.15) is 41.9 Å². The molecule has 10 heteroatoms. The number of aromatic nitrogens is 4. The van der Waals surface area contributed by atoms with Crippen molar-refractivity contribution in [2.45, 2.75) is 52.3 Å². The number of rotatable bonds is 6. The number of halogens is 3.